The summed E-state index contributed by atoms with van der Waals surface area (Å²) in [5.41, 5.74) is 1.22. The lowest BCUT2D eigenvalue weighted by Gasteiger charge is -2.07. The first-order valence-electron chi connectivity index (χ1n) is 6.61. The molecular formula is C15H21BrO3. The second-order valence-corrected chi connectivity index (χ2v) is 4.93. The van der Waals surface area contributed by atoms with Crippen molar-refractivity contribution in [3.05, 3.63) is 29.8 Å². The Balaban J connectivity index is 2.05. The zero-order valence-electron chi connectivity index (χ0n) is 11.4. The van der Waals surface area contributed by atoms with Gasteiger partial charge in [-0.2, -0.15) is 0 Å². The van der Waals surface area contributed by atoms with Crippen LogP contribution in [0.2, 0.25) is 0 Å². The summed E-state index contributed by atoms with van der Waals surface area (Å²) in [7, 11) is 1.43. The summed E-state index contributed by atoms with van der Waals surface area (Å²) in [5.74, 6) is 0.800. The first-order valence-corrected chi connectivity index (χ1v) is 7.73. The molecule has 0 aliphatic heterocycles. The molecule has 1 rings (SSSR count). The van der Waals surface area contributed by atoms with Crippen molar-refractivity contribution < 1.29 is 14.3 Å². The van der Waals surface area contributed by atoms with Gasteiger partial charge in [0.1, 0.15) is 5.75 Å². The number of unbranched alkanes of at least 4 members (excludes halogenated alkanes) is 3. The van der Waals surface area contributed by atoms with E-state index in [2.05, 4.69) is 26.7 Å². The van der Waals surface area contributed by atoms with Gasteiger partial charge in [-0.25, -0.2) is 0 Å². The third-order valence-electron chi connectivity index (χ3n) is 2.82. The molecule has 3 nitrogen and oxygen atoms in total. The van der Waals surface area contributed by atoms with Crippen LogP contribution in [-0.2, 0) is 14.9 Å². The number of benzene rings is 1. The molecule has 0 unspecified atom stereocenters. The van der Waals surface area contributed by atoms with E-state index in [9.17, 15) is 4.79 Å². The van der Waals surface area contributed by atoms with Gasteiger partial charge in [0.2, 0.25) is 0 Å². The van der Waals surface area contributed by atoms with Crippen LogP contribution in [0.5, 0.6) is 5.75 Å². The van der Waals surface area contributed by atoms with Gasteiger partial charge in [0, 0.05) is 11.8 Å². The third kappa shape index (κ3) is 7.21. The molecule has 1 aromatic rings. The van der Waals surface area contributed by atoms with E-state index in [1.54, 1.807) is 0 Å². The highest BCUT2D eigenvalue weighted by Gasteiger charge is 1.99. The highest BCUT2D eigenvalue weighted by atomic mass is 79.9. The average molecular weight is 329 g/mol. The fourth-order valence-electron chi connectivity index (χ4n) is 1.74. The Hall–Kier alpha value is -1.03. The van der Waals surface area contributed by atoms with Gasteiger partial charge >= 0.3 is 5.97 Å². The molecule has 106 valence electrons. The lowest BCUT2D eigenvalue weighted by molar-refractivity contribution is -0.140. The van der Waals surface area contributed by atoms with Crippen molar-refractivity contribution >= 4 is 21.9 Å². The fraction of sp³-hybridized carbons (Fsp3) is 0.533. The zero-order chi connectivity index (χ0) is 13.9. The molecule has 0 aromatic heterocycles. The zero-order valence-corrected chi connectivity index (χ0v) is 12.9. The minimum Gasteiger partial charge on any atom is -0.494 e. The quantitative estimate of drug-likeness (QED) is 0.389. The molecule has 0 N–H and O–H groups in total. The predicted molar refractivity (Wildman–Crippen MR) is 79.7 cm³/mol. The molecule has 4 heteroatoms. The number of carbonyl (C=O) groups excluding carboxylic acids is 1. The van der Waals surface area contributed by atoms with Gasteiger partial charge in [-0.3, -0.25) is 4.79 Å². The molecule has 0 atom stereocenters. The summed E-state index contributed by atoms with van der Waals surface area (Å²) in [6.45, 7) is 0.726. The van der Waals surface area contributed by atoms with E-state index < -0.39 is 0 Å². The van der Waals surface area contributed by atoms with Crippen LogP contribution >= 0.6 is 15.9 Å². The molecule has 0 fully saturated rings. The van der Waals surface area contributed by atoms with E-state index in [-0.39, 0.29) is 5.97 Å². The Morgan fingerprint density at radius 1 is 1.21 bits per heavy atom. The Kier molecular flexibility index (Phi) is 8.30. The first-order chi connectivity index (χ1) is 9.26. The number of hydrogen-bond acceptors (Lipinski definition) is 3. The lowest BCUT2D eigenvalue weighted by atomic mass is 10.1. The Morgan fingerprint density at radius 3 is 2.74 bits per heavy atom. The minimum absolute atomic E-state index is 0.122. The minimum atomic E-state index is -0.122. The highest BCUT2D eigenvalue weighted by molar-refractivity contribution is 9.08. The molecule has 0 spiro atoms. The maximum Gasteiger partial charge on any atom is 0.305 e. The number of hydrogen-bond donors (Lipinski definition) is 0. The maximum atomic E-state index is 10.9. The van der Waals surface area contributed by atoms with E-state index in [1.807, 2.05) is 18.2 Å². The molecule has 0 bridgehead atoms. The predicted octanol–water partition coefficient (Wildman–Crippen LogP) is 4.08. The summed E-state index contributed by atoms with van der Waals surface area (Å²) in [6, 6.07) is 8.09. The second kappa shape index (κ2) is 9.84. The number of rotatable bonds is 9. The van der Waals surface area contributed by atoms with E-state index in [0.29, 0.717) is 6.42 Å². The molecule has 0 amide bonds. The largest absolute Gasteiger partial charge is 0.494 e. The molecule has 0 radical (unpaired) electrons. The first kappa shape index (κ1) is 16.0. The molecule has 0 saturated heterocycles. The highest BCUT2D eigenvalue weighted by Crippen LogP contribution is 2.16. The monoisotopic (exact) mass is 328 g/mol. The number of alkyl halides is 1. The number of carbonyl (C=O) groups is 1. The summed E-state index contributed by atoms with van der Waals surface area (Å²) in [5, 5.41) is 0.845. The van der Waals surface area contributed by atoms with Gasteiger partial charge in [-0.05, 0) is 30.5 Å². The Morgan fingerprint density at radius 2 is 2.00 bits per heavy atom. The van der Waals surface area contributed by atoms with Gasteiger partial charge in [0.15, 0.2) is 0 Å². The Labute approximate surface area is 123 Å². The van der Waals surface area contributed by atoms with Gasteiger partial charge in [-0.1, -0.05) is 40.9 Å². The number of esters is 1. The average Bonchev–Trinajstić information content (AvgIpc) is 2.46. The van der Waals surface area contributed by atoms with Crippen molar-refractivity contribution in [1.82, 2.24) is 0 Å². The molecular weight excluding hydrogens is 308 g/mol. The third-order valence-corrected chi connectivity index (χ3v) is 3.47. The molecule has 0 saturated carbocycles. The fourth-order valence-corrected chi connectivity index (χ4v) is 2.08. The Bertz CT molecular complexity index is 379. The normalized spacial score (nSPS) is 10.2. The van der Waals surface area contributed by atoms with Crippen LogP contribution in [-0.4, -0.2) is 19.7 Å². The summed E-state index contributed by atoms with van der Waals surface area (Å²) in [4.78, 5) is 10.9. The van der Waals surface area contributed by atoms with Crippen LogP contribution in [0.3, 0.4) is 0 Å². The van der Waals surface area contributed by atoms with Crippen LogP contribution in [0.25, 0.3) is 0 Å². The molecule has 0 heterocycles. The van der Waals surface area contributed by atoms with Crippen molar-refractivity contribution in [1.29, 1.82) is 0 Å². The van der Waals surface area contributed by atoms with Gasteiger partial charge < -0.3 is 9.47 Å². The van der Waals surface area contributed by atoms with E-state index >= 15 is 0 Å². The van der Waals surface area contributed by atoms with Crippen molar-refractivity contribution in [2.45, 2.75) is 37.4 Å². The molecule has 0 aliphatic carbocycles. The van der Waals surface area contributed by atoms with Gasteiger partial charge in [0.05, 0.1) is 13.7 Å². The number of ether oxygens (including phenoxy) is 2. The van der Waals surface area contributed by atoms with Gasteiger partial charge in [0.25, 0.3) is 0 Å². The van der Waals surface area contributed by atoms with Crippen molar-refractivity contribution in [2.75, 3.05) is 13.7 Å². The number of methoxy groups -OCH3 is 1. The van der Waals surface area contributed by atoms with E-state index in [1.165, 1.54) is 12.7 Å². The van der Waals surface area contributed by atoms with Crippen LogP contribution in [0.1, 0.15) is 37.7 Å². The van der Waals surface area contributed by atoms with Crippen molar-refractivity contribution in [2.24, 2.45) is 0 Å². The standard InChI is InChI=1S/C15H21BrO3/c1-18-15(17)9-4-2-3-5-10-19-14-8-6-7-13(11-14)12-16/h6-8,11H,2-5,9-10,12H2,1H3. The van der Waals surface area contributed by atoms with Crippen LogP contribution < -0.4 is 4.74 Å². The van der Waals surface area contributed by atoms with E-state index in [0.717, 1.165) is 43.4 Å². The molecule has 1 aromatic carbocycles. The van der Waals surface area contributed by atoms with Crippen LogP contribution in [0.15, 0.2) is 24.3 Å². The second-order valence-electron chi connectivity index (χ2n) is 4.37. The van der Waals surface area contributed by atoms with Crippen molar-refractivity contribution in [3.63, 3.8) is 0 Å². The summed E-state index contributed by atoms with van der Waals surface area (Å²) < 4.78 is 10.3. The van der Waals surface area contributed by atoms with Gasteiger partial charge in [-0.15, -0.1) is 0 Å². The van der Waals surface area contributed by atoms with E-state index in [4.69, 9.17) is 4.74 Å². The lowest BCUT2D eigenvalue weighted by Crippen LogP contribution is -2.00. The molecule has 0 aliphatic rings. The topological polar surface area (TPSA) is 35.5 Å². The van der Waals surface area contributed by atoms with Crippen molar-refractivity contribution in [3.8, 4) is 5.75 Å². The van der Waals surface area contributed by atoms with Crippen LogP contribution in [0.4, 0.5) is 0 Å². The van der Waals surface area contributed by atoms with Crippen LogP contribution in [0, 0.1) is 0 Å². The SMILES string of the molecule is COC(=O)CCCCCCOc1cccc(CBr)c1. The number of halogens is 1. The maximum absolute atomic E-state index is 10.9. The summed E-state index contributed by atoms with van der Waals surface area (Å²) in [6.07, 6.45) is 4.55. The molecule has 19 heavy (non-hydrogen) atoms. The summed E-state index contributed by atoms with van der Waals surface area (Å²) >= 11 is 3.43. The smallest absolute Gasteiger partial charge is 0.305 e.